The smallest absolute Gasteiger partial charge is 0.228 e. The molecule has 9 heavy (non-hydrogen) atoms. The first-order valence-electron chi connectivity index (χ1n) is 2.59. The highest BCUT2D eigenvalue weighted by molar-refractivity contribution is 5.42. The summed E-state index contributed by atoms with van der Waals surface area (Å²) < 4.78 is 4.78. The van der Waals surface area contributed by atoms with Crippen LogP contribution in [0, 0.1) is 0 Å². The molecule has 0 aliphatic carbocycles. The Morgan fingerprint density at radius 2 is 2.33 bits per heavy atom. The van der Waals surface area contributed by atoms with Crippen LogP contribution < -0.4 is 10.6 Å². The Hall–Kier alpha value is -1.19. The first kappa shape index (κ1) is 5.94. The molecule has 1 heterocycles. The fraction of sp³-hybridized carbons (Fsp3) is 0.400. The van der Waals surface area contributed by atoms with E-state index in [1.165, 1.54) is 0 Å². The van der Waals surface area contributed by atoms with Crippen molar-refractivity contribution in [1.29, 1.82) is 0 Å². The summed E-state index contributed by atoms with van der Waals surface area (Å²) in [7, 11) is 3.72. The van der Waals surface area contributed by atoms with Gasteiger partial charge in [-0.25, -0.2) is 0 Å². The molecule has 0 amide bonds. The summed E-state index contributed by atoms with van der Waals surface area (Å²) in [5.74, 6) is 1.09. The second kappa shape index (κ2) is 1.97. The third-order valence-corrected chi connectivity index (χ3v) is 0.957. The van der Waals surface area contributed by atoms with Gasteiger partial charge in [-0.05, 0) is 0 Å². The standard InChI is InChI=1S/C5H9N3O/c1-8(2)5-3-4(6)7-9-5/h3H,1-2H3,(H2,6,7). The van der Waals surface area contributed by atoms with Gasteiger partial charge >= 0.3 is 0 Å². The topological polar surface area (TPSA) is 55.3 Å². The normalized spacial score (nSPS) is 9.56. The van der Waals surface area contributed by atoms with Crippen molar-refractivity contribution in [2.75, 3.05) is 24.7 Å². The quantitative estimate of drug-likeness (QED) is 0.590. The van der Waals surface area contributed by atoms with E-state index >= 15 is 0 Å². The Labute approximate surface area is 53.2 Å². The highest BCUT2D eigenvalue weighted by atomic mass is 16.5. The average Bonchev–Trinajstić information content (AvgIpc) is 2.14. The summed E-state index contributed by atoms with van der Waals surface area (Å²) in [5.41, 5.74) is 5.28. The lowest BCUT2D eigenvalue weighted by Gasteiger charge is -2.03. The molecule has 1 rings (SSSR count). The van der Waals surface area contributed by atoms with E-state index < -0.39 is 0 Å². The van der Waals surface area contributed by atoms with Gasteiger partial charge in [0.25, 0.3) is 0 Å². The molecule has 1 aromatic rings. The molecule has 0 unspecified atom stereocenters. The molecular formula is C5H9N3O. The van der Waals surface area contributed by atoms with Crippen molar-refractivity contribution in [3.63, 3.8) is 0 Å². The number of hydrogen-bond acceptors (Lipinski definition) is 4. The lowest BCUT2D eigenvalue weighted by atomic mass is 10.6. The Balaban J connectivity index is 2.85. The number of nitrogen functional groups attached to an aromatic ring is 1. The maximum atomic E-state index is 5.28. The van der Waals surface area contributed by atoms with Gasteiger partial charge < -0.3 is 15.2 Å². The Bertz CT molecular complexity index is 194. The van der Waals surface area contributed by atoms with Crippen LogP contribution in [0.3, 0.4) is 0 Å². The second-order valence-electron chi connectivity index (χ2n) is 1.98. The van der Waals surface area contributed by atoms with E-state index in [2.05, 4.69) is 5.16 Å². The first-order valence-corrected chi connectivity index (χ1v) is 2.59. The van der Waals surface area contributed by atoms with Gasteiger partial charge in [0.05, 0.1) is 0 Å². The van der Waals surface area contributed by atoms with Crippen LogP contribution in [0.25, 0.3) is 0 Å². The maximum Gasteiger partial charge on any atom is 0.228 e. The summed E-state index contributed by atoms with van der Waals surface area (Å²) in [5, 5.41) is 3.50. The van der Waals surface area contributed by atoms with Gasteiger partial charge in [-0.3, -0.25) is 0 Å². The molecule has 0 bridgehead atoms. The predicted molar refractivity (Wildman–Crippen MR) is 35.2 cm³/mol. The SMILES string of the molecule is CN(C)c1cc(N)no1. The molecule has 4 heteroatoms. The fourth-order valence-corrected chi connectivity index (χ4v) is 0.489. The van der Waals surface area contributed by atoms with Gasteiger partial charge in [-0.2, -0.15) is 0 Å². The zero-order valence-corrected chi connectivity index (χ0v) is 5.46. The van der Waals surface area contributed by atoms with E-state index in [9.17, 15) is 0 Å². The molecule has 50 valence electrons. The fourth-order valence-electron chi connectivity index (χ4n) is 0.489. The first-order chi connectivity index (χ1) is 4.20. The van der Waals surface area contributed by atoms with Crippen LogP contribution in [0.1, 0.15) is 0 Å². The van der Waals surface area contributed by atoms with Crippen molar-refractivity contribution in [3.05, 3.63) is 6.07 Å². The Morgan fingerprint density at radius 3 is 2.56 bits per heavy atom. The highest BCUT2D eigenvalue weighted by Gasteiger charge is 2.00. The van der Waals surface area contributed by atoms with E-state index in [0.717, 1.165) is 0 Å². The van der Waals surface area contributed by atoms with Crippen molar-refractivity contribution in [1.82, 2.24) is 5.16 Å². The summed E-state index contributed by atoms with van der Waals surface area (Å²) >= 11 is 0. The van der Waals surface area contributed by atoms with E-state index in [-0.39, 0.29) is 0 Å². The maximum absolute atomic E-state index is 5.28. The lowest BCUT2D eigenvalue weighted by Crippen LogP contribution is -2.06. The zero-order valence-electron chi connectivity index (χ0n) is 5.46. The van der Waals surface area contributed by atoms with Gasteiger partial charge in [0.2, 0.25) is 5.88 Å². The number of nitrogens with two attached hydrogens (primary N) is 1. The van der Waals surface area contributed by atoms with Gasteiger partial charge in [0.1, 0.15) is 0 Å². The van der Waals surface area contributed by atoms with E-state index in [4.69, 9.17) is 10.3 Å². The molecule has 1 aromatic heterocycles. The molecule has 0 spiro atoms. The number of anilines is 2. The monoisotopic (exact) mass is 127 g/mol. The molecule has 0 radical (unpaired) electrons. The number of nitrogens with zero attached hydrogens (tertiary/aromatic N) is 2. The summed E-state index contributed by atoms with van der Waals surface area (Å²) in [4.78, 5) is 1.80. The molecule has 2 N–H and O–H groups in total. The van der Waals surface area contributed by atoms with E-state index in [1.54, 1.807) is 11.0 Å². The third-order valence-electron chi connectivity index (χ3n) is 0.957. The van der Waals surface area contributed by atoms with Crippen LogP contribution in [-0.2, 0) is 0 Å². The zero-order chi connectivity index (χ0) is 6.85. The minimum atomic E-state index is 0.415. The minimum absolute atomic E-state index is 0.415. The van der Waals surface area contributed by atoms with E-state index in [1.807, 2.05) is 14.1 Å². The van der Waals surface area contributed by atoms with Crippen LogP contribution in [0.4, 0.5) is 11.7 Å². The minimum Gasteiger partial charge on any atom is -0.381 e. The second-order valence-corrected chi connectivity index (χ2v) is 1.98. The molecule has 0 aliphatic rings. The third kappa shape index (κ3) is 1.13. The molecule has 0 atom stereocenters. The van der Waals surface area contributed by atoms with Gasteiger partial charge in [0, 0.05) is 20.2 Å². The Kier molecular flexibility index (Phi) is 1.30. The van der Waals surface area contributed by atoms with Crippen molar-refractivity contribution in [2.45, 2.75) is 0 Å². The summed E-state index contributed by atoms with van der Waals surface area (Å²) in [6.45, 7) is 0. The molecule has 0 saturated heterocycles. The van der Waals surface area contributed by atoms with Crippen LogP contribution in [0.5, 0.6) is 0 Å². The number of rotatable bonds is 1. The molecule has 0 aliphatic heterocycles. The largest absolute Gasteiger partial charge is 0.381 e. The van der Waals surface area contributed by atoms with Crippen molar-refractivity contribution in [3.8, 4) is 0 Å². The summed E-state index contributed by atoms with van der Waals surface area (Å²) in [6.07, 6.45) is 0. The van der Waals surface area contributed by atoms with Gasteiger partial charge in [-0.15, -0.1) is 0 Å². The molecule has 4 nitrogen and oxygen atoms in total. The van der Waals surface area contributed by atoms with Gasteiger partial charge in [0.15, 0.2) is 5.82 Å². The highest BCUT2D eigenvalue weighted by Crippen LogP contribution is 2.12. The van der Waals surface area contributed by atoms with Crippen LogP contribution in [-0.4, -0.2) is 19.3 Å². The van der Waals surface area contributed by atoms with Crippen molar-refractivity contribution in [2.24, 2.45) is 0 Å². The Morgan fingerprint density at radius 1 is 1.67 bits per heavy atom. The van der Waals surface area contributed by atoms with Crippen molar-refractivity contribution < 1.29 is 4.52 Å². The van der Waals surface area contributed by atoms with Crippen LogP contribution >= 0.6 is 0 Å². The number of aromatic nitrogens is 1. The molecular weight excluding hydrogens is 118 g/mol. The molecule has 0 aromatic carbocycles. The number of hydrogen-bond donors (Lipinski definition) is 1. The lowest BCUT2D eigenvalue weighted by molar-refractivity contribution is 0.427. The molecule has 0 saturated carbocycles. The summed E-state index contributed by atoms with van der Waals surface area (Å²) in [6, 6.07) is 1.67. The van der Waals surface area contributed by atoms with Gasteiger partial charge in [-0.1, -0.05) is 5.16 Å². The molecule has 0 fully saturated rings. The average molecular weight is 127 g/mol. The van der Waals surface area contributed by atoms with Crippen LogP contribution in [0.2, 0.25) is 0 Å². The van der Waals surface area contributed by atoms with Crippen molar-refractivity contribution >= 4 is 11.7 Å². The predicted octanol–water partition coefficient (Wildman–Crippen LogP) is 0.323. The van der Waals surface area contributed by atoms with Crippen LogP contribution in [0.15, 0.2) is 10.6 Å². The van der Waals surface area contributed by atoms with E-state index in [0.29, 0.717) is 11.7 Å².